The molecule has 5 nitrogen and oxygen atoms in total. The first-order valence-corrected chi connectivity index (χ1v) is 6.17. The van der Waals surface area contributed by atoms with Gasteiger partial charge in [0.1, 0.15) is 0 Å². The fourth-order valence-corrected chi connectivity index (χ4v) is 1.94. The third-order valence-electron chi connectivity index (χ3n) is 2.96. The minimum Gasteiger partial charge on any atom is -0.476 e. The lowest BCUT2D eigenvalue weighted by Crippen LogP contribution is -2.04. The molecule has 0 amide bonds. The van der Waals surface area contributed by atoms with E-state index in [4.69, 9.17) is 10.2 Å². The van der Waals surface area contributed by atoms with Gasteiger partial charge in [-0.25, -0.2) is 9.48 Å². The van der Waals surface area contributed by atoms with Crippen LogP contribution in [-0.4, -0.2) is 32.6 Å². The number of hydrogen-bond acceptors (Lipinski definition) is 3. The van der Waals surface area contributed by atoms with E-state index in [2.05, 4.69) is 12.0 Å². The molecule has 0 fully saturated rings. The third kappa shape index (κ3) is 2.82. The second kappa shape index (κ2) is 5.67. The molecule has 1 aromatic carbocycles. The predicted octanol–water partition coefficient (Wildman–Crippen LogP) is 1.67. The molecule has 0 unspecified atom stereocenters. The summed E-state index contributed by atoms with van der Waals surface area (Å²) in [5.41, 5.74) is 2.52. The standard InChI is InChI=1S/C14H16N2O3/c1-2-10-4-3-5-12(8-10)16-9-11(6-7-17)13(15-16)14(18)19/h3-5,8-9,17H,2,6-7H2,1H3,(H,18,19). The van der Waals surface area contributed by atoms with Crippen molar-refractivity contribution < 1.29 is 15.0 Å². The fourth-order valence-electron chi connectivity index (χ4n) is 1.94. The Bertz CT molecular complexity index is 590. The molecule has 0 atom stereocenters. The van der Waals surface area contributed by atoms with E-state index in [0.717, 1.165) is 17.7 Å². The molecule has 0 saturated carbocycles. The molecule has 19 heavy (non-hydrogen) atoms. The molecule has 0 radical (unpaired) electrons. The quantitative estimate of drug-likeness (QED) is 0.857. The van der Waals surface area contributed by atoms with Crippen LogP contribution in [-0.2, 0) is 12.8 Å². The topological polar surface area (TPSA) is 75.4 Å². The number of benzene rings is 1. The molecule has 0 spiro atoms. The minimum atomic E-state index is -1.08. The largest absolute Gasteiger partial charge is 0.476 e. The van der Waals surface area contributed by atoms with E-state index in [1.54, 1.807) is 10.9 Å². The van der Waals surface area contributed by atoms with Crippen molar-refractivity contribution in [2.75, 3.05) is 6.61 Å². The molecule has 0 aliphatic carbocycles. The Kier molecular flexibility index (Phi) is 3.97. The van der Waals surface area contributed by atoms with Gasteiger partial charge in [0.05, 0.1) is 5.69 Å². The number of aliphatic hydroxyl groups excluding tert-OH is 1. The molecule has 2 rings (SSSR count). The second-order valence-electron chi connectivity index (χ2n) is 4.25. The maximum absolute atomic E-state index is 11.1. The average Bonchev–Trinajstić information content (AvgIpc) is 2.83. The van der Waals surface area contributed by atoms with Crippen LogP contribution in [0, 0.1) is 0 Å². The number of aromatic nitrogens is 2. The Labute approximate surface area is 111 Å². The number of carbonyl (C=O) groups is 1. The van der Waals surface area contributed by atoms with Crippen molar-refractivity contribution in [2.45, 2.75) is 19.8 Å². The van der Waals surface area contributed by atoms with Gasteiger partial charge in [-0.05, 0) is 30.5 Å². The molecule has 0 bridgehead atoms. The number of hydrogen-bond donors (Lipinski definition) is 2. The molecule has 0 aliphatic heterocycles. The third-order valence-corrected chi connectivity index (χ3v) is 2.96. The summed E-state index contributed by atoms with van der Waals surface area (Å²) in [7, 11) is 0. The van der Waals surface area contributed by atoms with Crippen molar-refractivity contribution in [2.24, 2.45) is 0 Å². The average molecular weight is 260 g/mol. The molecular weight excluding hydrogens is 244 g/mol. The maximum Gasteiger partial charge on any atom is 0.356 e. The fraction of sp³-hybridized carbons (Fsp3) is 0.286. The highest BCUT2D eigenvalue weighted by Gasteiger charge is 2.15. The Balaban J connectivity index is 2.44. The van der Waals surface area contributed by atoms with E-state index in [0.29, 0.717) is 5.56 Å². The van der Waals surface area contributed by atoms with Crippen LogP contribution in [0.4, 0.5) is 0 Å². The van der Waals surface area contributed by atoms with Gasteiger partial charge in [0.2, 0.25) is 0 Å². The molecule has 1 aromatic heterocycles. The Hall–Kier alpha value is -2.14. The predicted molar refractivity (Wildman–Crippen MR) is 70.7 cm³/mol. The van der Waals surface area contributed by atoms with Crippen molar-refractivity contribution in [3.8, 4) is 5.69 Å². The van der Waals surface area contributed by atoms with Crippen LogP contribution in [0.3, 0.4) is 0 Å². The lowest BCUT2D eigenvalue weighted by atomic mass is 10.1. The minimum absolute atomic E-state index is 0.00375. The van der Waals surface area contributed by atoms with Crippen LogP contribution in [0.5, 0.6) is 0 Å². The summed E-state index contributed by atoms with van der Waals surface area (Å²) in [6.45, 7) is 1.96. The van der Waals surface area contributed by atoms with Gasteiger partial charge in [-0.2, -0.15) is 5.10 Å². The van der Waals surface area contributed by atoms with E-state index < -0.39 is 5.97 Å². The number of aromatic carboxylic acids is 1. The summed E-state index contributed by atoms with van der Waals surface area (Å²) in [5, 5.41) is 22.1. The van der Waals surface area contributed by atoms with Gasteiger partial charge >= 0.3 is 5.97 Å². The van der Waals surface area contributed by atoms with Crippen LogP contribution >= 0.6 is 0 Å². The Morgan fingerprint density at radius 1 is 1.42 bits per heavy atom. The summed E-state index contributed by atoms with van der Waals surface area (Å²) in [4.78, 5) is 11.1. The first kappa shape index (κ1) is 13.3. The van der Waals surface area contributed by atoms with E-state index in [1.807, 2.05) is 24.3 Å². The summed E-state index contributed by atoms with van der Waals surface area (Å²) in [6.07, 6.45) is 2.86. The van der Waals surface area contributed by atoms with Crippen molar-refractivity contribution in [3.63, 3.8) is 0 Å². The van der Waals surface area contributed by atoms with E-state index in [1.165, 1.54) is 0 Å². The second-order valence-corrected chi connectivity index (χ2v) is 4.25. The molecule has 1 heterocycles. The molecule has 2 aromatic rings. The number of carboxylic acids is 1. The van der Waals surface area contributed by atoms with E-state index in [9.17, 15) is 4.79 Å². The van der Waals surface area contributed by atoms with Gasteiger partial charge in [-0.1, -0.05) is 19.1 Å². The molecular formula is C14H16N2O3. The van der Waals surface area contributed by atoms with Crippen molar-refractivity contribution in [3.05, 3.63) is 47.3 Å². The van der Waals surface area contributed by atoms with Gasteiger partial charge in [-0.3, -0.25) is 0 Å². The lowest BCUT2D eigenvalue weighted by molar-refractivity contribution is 0.0688. The zero-order valence-electron chi connectivity index (χ0n) is 10.7. The summed E-state index contributed by atoms with van der Waals surface area (Å²) < 4.78 is 1.55. The summed E-state index contributed by atoms with van der Waals surface area (Å²) in [6, 6.07) is 7.78. The van der Waals surface area contributed by atoms with Crippen LogP contribution in [0.15, 0.2) is 30.5 Å². The first-order valence-electron chi connectivity index (χ1n) is 6.17. The number of carboxylic acid groups (broad SMARTS) is 1. The summed E-state index contributed by atoms with van der Waals surface area (Å²) >= 11 is 0. The molecule has 2 N–H and O–H groups in total. The maximum atomic E-state index is 11.1. The van der Waals surface area contributed by atoms with Crippen LogP contribution < -0.4 is 0 Å². The van der Waals surface area contributed by atoms with Gasteiger partial charge in [-0.15, -0.1) is 0 Å². The Morgan fingerprint density at radius 2 is 2.21 bits per heavy atom. The molecule has 100 valence electrons. The first-order chi connectivity index (χ1) is 9.15. The lowest BCUT2D eigenvalue weighted by Gasteiger charge is -2.03. The Morgan fingerprint density at radius 3 is 2.84 bits per heavy atom. The highest BCUT2D eigenvalue weighted by atomic mass is 16.4. The van der Waals surface area contributed by atoms with Crippen molar-refractivity contribution >= 4 is 5.97 Å². The number of aryl methyl sites for hydroxylation is 1. The molecule has 0 aliphatic rings. The summed E-state index contributed by atoms with van der Waals surface area (Å²) in [5.74, 6) is -1.08. The smallest absolute Gasteiger partial charge is 0.356 e. The van der Waals surface area contributed by atoms with Crippen LogP contribution in [0.2, 0.25) is 0 Å². The van der Waals surface area contributed by atoms with Crippen LogP contribution in [0.25, 0.3) is 5.69 Å². The van der Waals surface area contributed by atoms with Gasteiger partial charge in [0.25, 0.3) is 0 Å². The number of nitrogens with zero attached hydrogens (tertiary/aromatic N) is 2. The van der Waals surface area contributed by atoms with Crippen molar-refractivity contribution in [1.29, 1.82) is 0 Å². The van der Waals surface area contributed by atoms with Crippen LogP contribution in [0.1, 0.15) is 28.5 Å². The highest BCUT2D eigenvalue weighted by Crippen LogP contribution is 2.15. The monoisotopic (exact) mass is 260 g/mol. The van der Waals surface area contributed by atoms with Gasteiger partial charge < -0.3 is 10.2 Å². The SMILES string of the molecule is CCc1cccc(-n2cc(CCO)c(C(=O)O)n2)c1. The zero-order valence-corrected chi connectivity index (χ0v) is 10.7. The van der Waals surface area contributed by atoms with Gasteiger partial charge in [0, 0.05) is 18.4 Å². The van der Waals surface area contributed by atoms with E-state index in [-0.39, 0.29) is 18.7 Å². The van der Waals surface area contributed by atoms with Crippen molar-refractivity contribution in [1.82, 2.24) is 9.78 Å². The highest BCUT2D eigenvalue weighted by molar-refractivity contribution is 5.87. The zero-order chi connectivity index (χ0) is 13.8. The molecule has 0 saturated heterocycles. The molecule has 5 heteroatoms. The van der Waals surface area contributed by atoms with Gasteiger partial charge in [0.15, 0.2) is 5.69 Å². The van der Waals surface area contributed by atoms with E-state index >= 15 is 0 Å². The number of rotatable bonds is 5. The normalized spacial score (nSPS) is 10.6. The number of aliphatic hydroxyl groups is 1.